The summed E-state index contributed by atoms with van der Waals surface area (Å²) in [6.07, 6.45) is 0. The van der Waals surface area contributed by atoms with Crippen LogP contribution >= 0.6 is 0 Å². The molecule has 3 aromatic rings. The van der Waals surface area contributed by atoms with Crippen molar-refractivity contribution in [3.63, 3.8) is 0 Å². The lowest BCUT2D eigenvalue weighted by atomic mass is 10.1. The highest BCUT2D eigenvalue weighted by atomic mass is 16.4. The number of fused-ring (bicyclic) bond motifs is 1. The van der Waals surface area contributed by atoms with Gasteiger partial charge in [-0.1, -0.05) is 30.3 Å². The molecule has 0 atom stereocenters. The molecular weight excluding hydrogens is 338 g/mol. The first-order valence-corrected chi connectivity index (χ1v) is 9.37. The highest BCUT2D eigenvalue weighted by Gasteiger charge is 2.22. The number of nitrogens with one attached hydrogen (secondary N) is 1. The lowest BCUT2D eigenvalue weighted by molar-refractivity contribution is -0.914. The second-order valence-electron chi connectivity index (χ2n) is 7.22. The first-order chi connectivity index (χ1) is 13.1. The Balaban J connectivity index is 1.54. The molecule has 27 heavy (non-hydrogen) atoms. The van der Waals surface area contributed by atoms with Gasteiger partial charge in [0.25, 0.3) is 0 Å². The van der Waals surface area contributed by atoms with E-state index >= 15 is 0 Å². The van der Waals surface area contributed by atoms with Crippen molar-refractivity contribution < 1.29 is 14.8 Å². The third-order valence-corrected chi connectivity index (χ3v) is 5.27. The minimum absolute atomic E-state index is 0.281. The van der Waals surface area contributed by atoms with Crippen molar-refractivity contribution in [3.05, 3.63) is 71.4 Å². The van der Waals surface area contributed by atoms with E-state index in [1.54, 1.807) is 17.0 Å². The Kier molecular flexibility index (Phi) is 4.77. The van der Waals surface area contributed by atoms with Gasteiger partial charge in [0, 0.05) is 22.3 Å². The van der Waals surface area contributed by atoms with Crippen LogP contribution in [0.5, 0.6) is 0 Å². The van der Waals surface area contributed by atoms with Crippen LogP contribution in [0.4, 0.5) is 5.69 Å². The number of hydrogen-bond acceptors (Lipinski definition) is 3. The van der Waals surface area contributed by atoms with Gasteiger partial charge < -0.3 is 14.9 Å². The van der Waals surface area contributed by atoms with Gasteiger partial charge in [0.15, 0.2) is 0 Å². The zero-order chi connectivity index (χ0) is 18.8. The fourth-order valence-corrected chi connectivity index (χ4v) is 3.86. The van der Waals surface area contributed by atoms with Gasteiger partial charge in [-0.25, -0.2) is 4.79 Å². The predicted molar refractivity (Wildman–Crippen MR) is 106 cm³/mol. The molecule has 0 bridgehead atoms. The summed E-state index contributed by atoms with van der Waals surface area (Å²) in [5.74, 6) is -0.917. The summed E-state index contributed by atoms with van der Waals surface area (Å²) in [5.41, 5.74) is 4.49. The van der Waals surface area contributed by atoms with Gasteiger partial charge in [-0.05, 0) is 31.2 Å². The Labute approximate surface area is 158 Å². The fourth-order valence-electron chi connectivity index (χ4n) is 3.86. The molecule has 2 aromatic carbocycles. The lowest BCUT2D eigenvalue weighted by Gasteiger charge is -2.34. The number of carboxylic acids is 1. The van der Waals surface area contributed by atoms with Gasteiger partial charge in [0.2, 0.25) is 0 Å². The summed E-state index contributed by atoms with van der Waals surface area (Å²) in [4.78, 5) is 19.8. The molecule has 1 aromatic heterocycles. The van der Waals surface area contributed by atoms with Crippen molar-refractivity contribution in [1.29, 1.82) is 0 Å². The maximum atomic E-state index is 11.3. The molecule has 0 unspecified atom stereocenters. The largest absolute Gasteiger partial charge is 0.478 e. The van der Waals surface area contributed by atoms with Crippen LogP contribution < -0.4 is 9.80 Å². The van der Waals surface area contributed by atoms with E-state index in [1.165, 1.54) is 5.56 Å². The van der Waals surface area contributed by atoms with Gasteiger partial charge in [-0.3, -0.25) is 4.98 Å². The number of aromatic carboxylic acids is 1. The Hall–Kier alpha value is -2.92. The number of benzene rings is 2. The van der Waals surface area contributed by atoms with Gasteiger partial charge in [0.05, 0.1) is 37.3 Å². The Bertz CT molecular complexity index is 964. The molecule has 1 fully saturated rings. The number of carbonyl (C=O) groups is 1. The fraction of sp³-hybridized carbons (Fsp3) is 0.273. The third-order valence-electron chi connectivity index (χ3n) is 5.27. The molecule has 0 amide bonds. The average molecular weight is 362 g/mol. The molecule has 0 spiro atoms. The van der Waals surface area contributed by atoms with Crippen LogP contribution in [0.1, 0.15) is 21.6 Å². The van der Waals surface area contributed by atoms with Crippen LogP contribution in [0.3, 0.4) is 0 Å². The first-order valence-electron chi connectivity index (χ1n) is 9.37. The highest BCUT2D eigenvalue weighted by molar-refractivity contribution is 5.97. The molecule has 0 saturated carbocycles. The van der Waals surface area contributed by atoms with Gasteiger partial charge in [-0.15, -0.1) is 0 Å². The number of pyridine rings is 1. The minimum Gasteiger partial charge on any atom is -0.478 e. The number of nitrogens with zero attached hydrogens (tertiary/aromatic N) is 2. The smallest absolute Gasteiger partial charge is 0.335 e. The van der Waals surface area contributed by atoms with Crippen LogP contribution in [0.25, 0.3) is 10.9 Å². The van der Waals surface area contributed by atoms with E-state index in [0.717, 1.165) is 55.0 Å². The summed E-state index contributed by atoms with van der Waals surface area (Å²) in [5, 5.41) is 10.3. The quantitative estimate of drug-likeness (QED) is 0.747. The second-order valence-corrected chi connectivity index (χ2v) is 7.22. The van der Waals surface area contributed by atoms with Crippen LogP contribution in [0.2, 0.25) is 0 Å². The van der Waals surface area contributed by atoms with Gasteiger partial charge in [0.1, 0.15) is 6.54 Å². The molecule has 5 nitrogen and oxygen atoms in total. The first kappa shape index (κ1) is 17.5. The standard InChI is InChI=1S/C22H23N3O2/c1-16-13-21(19-8-7-18(22(26)27)14-20(19)23-16)25-11-9-24(10-12-25)15-17-5-3-2-4-6-17/h2-8,13-14H,9-12,15H2,1H3,(H,26,27)/p+1. The molecule has 1 saturated heterocycles. The number of anilines is 1. The number of aromatic nitrogens is 1. The Morgan fingerprint density at radius 2 is 1.85 bits per heavy atom. The van der Waals surface area contributed by atoms with E-state index in [2.05, 4.69) is 46.3 Å². The van der Waals surface area contributed by atoms with Crippen LogP contribution in [0, 0.1) is 6.92 Å². The number of hydrogen-bond donors (Lipinski definition) is 2. The summed E-state index contributed by atoms with van der Waals surface area (Å²) in [6, 6.07) is 18.0. The van der Waals surface area contributed by atoms with E-state index < -0.39 is 5.97 Å². The topological polar surface area (TPSA) is 57.9 Å². The lowest BCUT2D eigenvalue weighted by Crippen LogP contribution is -3.13. The predicted octanol–water partition coefficient (Wildman–Crippen LogP) is 2.15. The van der Waals surface area contributed by atoms with Crippen molar-refractivity contribution in [3.8, 4) is 0 Å². The molecule has 2 heterocycles. The van der Waals surface area contributed by atoms with Crippen LogP contribution in [0.15, 0.2) is 54.6 Å². The number of aryl methyl sites for hydroxylation is 1. The number of rotatable bonds is 4. The van der Waals surface area contributed by atoms with E-state index in [0.29, 0.717) is 0 Å². The number of carboxylic acid groups (broad SMARTS) is 1. The third kappa shape index (κ3) is 3.78. The molecule has 2 N–H and O–H groups in total. The zero-order valence-electron chi connectivity index (χ0n) is 15.5. The van der Waals surface area contributed by atoms with E-state index in [1.807, 2.05) is 13.0 Å². The molecule has 1 aliphatic rings. The molecule has 4 rings (SSSR count). The molecule has 1 aliphatic heterocycles. The second kappa shape index (κ2) is 7.37. The van der Waals surface area contributed by atoms with Crippen LogP contribution in [-0.4, -0.2) is 42.2 Å². The van der Waals surface area contributed by atoms with Gasteiger partial charge in [-0.2, -0.15) is 0 Å². The summed E-state index contributed by atoms with van der Waals surface area (Å²) >= 11 is 0. The van der Waals surface area contributed by atoms with Crippen molar-refractivity contribution in [2.45, 2.75) is 13.5 Å². The van der Waals surface area contributed by atoms with Crippen molar-refractivity contribution in [2.75, 3.05) is 31.1 Å². The van der Waals surface area contributed by atoms with Gasteiger partial charge >= 0.3 is 5.97 Å². The summed E-state index contributed by atoms with van der Waals surface area (Å²) in [6.45, 7) is 7.18. The van der Waals surface area contributed by atoms with E-state index in [9.17, 15) is 9.90 Å². The molecular formula is C22H24N3O2+. The maximum absolute atomic E-state index is 11.3. The Morgan fingerprint density at radius 1 is 1.11 bits per heavy atom. The van der Waals surface area contributed by atoms with Crippen molar-refractivity contribution >= 4 is 22.6 Å². The maximum Gasteiger partial charge on any atom is 0.335 e. The normalized spacial score (nSPS) is 15.2. The molecule has 138 valence electrons. The summed E-state index contributed by atoms with van der Waals surface area (Å²) < 4.78 is 0. The van der Waals surface area contributed by atoms with Crippen molar-refractivity contribution in [1.82, 2.24) is 4.98 Å². The molecule has 0 radical (unpaired) electrons. The van der Waals surface area contributed by atoms with E-state index in [-0.39, 0.29) is 5.56 Å². The highest BCUT2D eigenvalue weighted by Crippen LogP contribution is 2.27. The van der Waals surface area contributed by atoms with Crippen molar-refractivity contribution in [2.24, 2.45) is 0 Å². The zero-order valence-corrected chi connectivity index (χ0v) is 15.5. The monoisotopic (exact) mass is 362 g/mol. The summed E-state index contributed by atoms with van der Waals surface area (Å²) in [7, 11) is 0. The number of quaternary nitrogens is 1. The van der Waals surface area contributed by atoms with Crippen LogP contribution in [-0.2, 0) is 6.54 Å². The Morgan fingerprint density at radius 3 is 2.56 bits per heavy atom. The minimum atomic E-state index is -0.917. The molecule has 0 aliphatic carbocycles. The molecule has 5 heteroatoms. The number of piperazine rings is 1. The van der Waals surface area contributed by atoms with E-state index in [4.69, 9.17) is 0 Å². The SMILES string of the molecule is Cc1cc(N2CC[NH+](Cc3ccccc3)CC2)c2ccc(C(=O)O)cc2n1. The average Bonchev–Trinajstić information content (AvgIpc) is 2.68.